The topological polar surface area (TPSA) is 128 Å². The summed E-state index contributed by atoms with van der Waals surface area (Å²) in [6.45, 7) is 8.85. The van der Waals surface area contributed by atoms with E-state index in [0.29, 0.717) is 44.3 Å². The third kappa shape index (κ3) is 4.39. The van der Waals surface area contributed by atoms with Gasteiger partial charge >= 0.3 is 5.97 Å². The molecule has 0 saturated heterocycles. The van der Waals surface area contributed by atoms with Crippen LogP contribution in [0, 0.1) is 28.6 Å². The van der Waals surface area contributed by atoms with Crippen molar-refractivity contribution in [2.24, 2.45) is 33.7 Å². The molecule has 1 aliphatic heterocycles. The molecule has 4 fully saturated rings. The molecule has 0 radical (unpaired) electrons. The fourth-order valence-corrected chi connectivity index (χ4v) is 9.75. The van der Waals surface area contributed by atoms with Gasteiger partial charge in [-0.15, -0.1) is 0 Å². The molecule has 5 aliphatic rings. The lowest BCUT2D eigenvalue weighted by Crippen LogP contribution is -2.68. The number of hydrogen-bond acceptors (Lipinski definition) is 7. The molecule has 4 saturated carbocycles. The summed E-state index contributed by atoms with van der Waals surface area (Å²) in [6, 6.07) is 7.53. The lowest BCUT2D eigenvalue weighted by atomic mass is 9.41. The first kappa shape index (κ1) is 29.5. The molecular weight excluding hydrogens is 532 g/mol. The summed E-state index contributed by atoms with van der Waals surface area (Å²) in [5.74, 6) is -0.656. The summed E-state index contributed by atoms with van der Waals surface area (Å²) < 4.78 is 5.25. The Kier molecular flexibility index (Phi) is 7.03. The maximum Gasteiger partial charge on any atom is 0.331 e. The molecule has 5 unspecified atom stereocenters. The van der Waals surface area contributed by atoms with Crippen LogP contribution in [0.4, 0.5) is 0 Å². The van der Waals surface area contributed by atoms with E-state index in [2.05, 4.69) is 38.2 Å². The third-order valence-electron chi connectivity index (χ3n) is 12.1. The molecule has 8 atom stereocenters. The zero-order chi connectivity index (χ0) is 30.1. The predicted molar refractivity (Wildman–Crippen MR) is 159 cm³/mol. The summed E-state index contributed by atoms with van der Waals surface area (Å²) in [6.07, 6.45) is 8.18. The highest BCUT2D eigenvalue weighted by Crippen LogP contribution is 2.70. The number of carbonyl (C=O) groups is 2. The first-order valence-electron chi connectivity index (χ1n) is 15.7. The van der Waals surface area contributed by atoms with Crippen molar-refractivity contribution in [1.82, 2.24) is 5.43 Å². The highest BCUT2D eigenvalue weighted by Gasteiger charge is 2.71. The number of hydrazone groups is 1. The zero-order valence-electron chi connectivity index (χ0n) is 25.4. The molecule has 4 N–H and O–H groups in total. The van der Waals surface area contributed by atoms with Crippen LogP contribution in [-0.4, -0.2) is 57.3 Å². The minimum Gasteiger partial charge on any atom is -0.458 e. The Bertz CT molecular complexity index is 1320. The van der Waals surface area contributed by atoms with Gasteiger partial charge in [0.1, 0.15) is 6.61 Å². The van der Waals surface area contributed by atoms with Crippen LogP contribution in [-0.2, 0) is 14.9 Å². The minimum absolute atomic E-state index is 0.0153. The van der Waals surface area contributed by atoms with E-state index in [1.807, 2.05) is 12.1 Å². The van der Waals surface area contributed by atoms with E-state index in [1.54, 1.807) is 24.4 Å². The van der Waals surface area contributed by atoms with E-state index in [4.69, 9.17) is 4.74 Å². The van der Waals surface area contributed by atoms with Gasteiger partial charge in [-0.1, -0.05) is 39.8 Å². The molecule has 42 heavy (non-hydrogen) atoms. The van der Waals surface area contributed by atoms with Gasteiger partial charge in [0.15, 0.2) is 0 Å². The summed E-state index contributed by atoms with van der Waals surface area (Å²) in [7, 11) is 0. The number of aliphatic hydroxyl groups is 3. The molecule has 1 aromatic rings. The van der Waals surface area contributed by atoms with Gasteiger partial charge in [0.05, 0.1) is 17.3 Å². The van der Waals surface area contributed by atoms with Crippen molar-refractivity contribution < 1.29 is 29.6 Å². The van der Waals surface area contributed by atoms with E-state index >= 15 is 0 Å². The molecule has 8 nitrogen and oxygen atoms in total. The van der Waals surface area contributed by atoms with Crippen LogP contribution in [0.1, 0.15) is 101 Å². The summed E-state index contributed by atoms with van der Waals surface area (Å²) >= 11 is 0. The molecule has 0 spiro atoms. The second-order valence-corrected chi connectivity index (χ2v) is 15.0. The average molecular weight is 579 g/mol. The van der Waals surface area contributed by atoms with Gasteiger partial charge in [-0.25, -0.2) is 10.2 Å². The molecule has 228 valence electrons. The predicted octanol–water partition coefficient (Wildman–Crippen LogP) is 4.41. The second kappa shape index (κ2) is 10.00. The van der Waals surface area contributed by atoms with Crippen LogP contribution in [0.5, 0.6) is 0 Å². The summed E-state index contributed by atoms with van der Waals surface area (Å²) in [4.78, 5) is 24.9. The smallest absolute Gasteiger partial charge is 0.331 e. The Balaban J connectivity index is 1.28. The van der Waals surface area contributed by atoms with E-state index < -0.39 is 28.1 Å². The van der Waals surface area contributed by atoms with E-state index in [0.717, 1.165) is 30.4 Å². The van der Waals surface area contributed by atoms with Gasteiger partial charge in [0.25, 0.3) is 5.91 Å². The van der Waals surface area contributed by atoms with Crippen molar-refractivity contribution in [3.05, 3.63) is 47.0 Å². The number of benzene rings is 1. The molecule has 0 bridgehead atoms. The number of ether oxygens (including phenoxy) is 1. The Labute approximate surface area is 248 Å². The molecule has 1 amide bonds. The number of amides is 1. The van der Waals surface area contributed by atoms with Gasteiger partial charge in [0.2, 0.25) is 0 Å². The number of aliphatic hydroxyl groups excluding tert-OH is 1. The maximum atomic E-state index is 13.0. The van der Waals surface area contributed by atoms with Crippen LogP contribution in [0.2, 0.25) is 0 Å². The summed E-state index contributed by atoms with van der Waals surface area (Å²) in [5, 5.41) is 39.8. The molecule has 6 rings (SSSR count). The van der Waals surface area contributed by atoms with Crippen molar-refractivity contribution in [3.8, 4) is 0 Å². The van der Waals surface area contributed by atoms with E-state index in [-0.39, 0.29) is 41.5 Å². The van der Waals surface area contributed by atoms with Gasteiger partial charge in [-0.2, -0.15) is 5.10 Å². The van der Waals surface area contributed by atoms with Crippen molar-refractivity contribution in [1.29, 1.82) is 0 Å². The van der Waals surface area contributed by atoms with Crippen molar-refractivity contribution >= 4 is 18.1 Å². The van der Waals surface area contributed by atoms with Crippen LogP contribution in [0.25, 0.3) is 0 Å². The van der Waals surface area contributed by atoms with Gasteiger partial charge in [0, 0.05) is 35.1 Å². The minimum atomic E-state index is -1.18. The van der Waals surface area contributed by atoms with Crippen LogP contribution < -0.4 is 5.43 Å². The number of nitrogens with zero attached hydrogens (tertiary/aromatic N) is 1. The average Bonchev–Trinajstić information content (AvgIpc) is 3.48. The van der Waals surface area contributed by atoms with Crippen molar-refractivity contribution in [2.45, 2.75) is 108 Å². The molecular formula is C34H46N2O6. The van der Waals surface area contributed by atoms with Crippen LogP contribution in [0.15, 0.2) is 41.0 Å². The van der Waals surface area contributed by atoms with Crippen LogP contribution >= 0.6 is 0 Å². The lowest BCUT2D eigenvalue weighted by Gasteiger charge is -2.65. The first-order chi connectivity index (χ1) is 19.7. The van der Waals surface area contributed by atoms with E-state index in [1.165, 1.54) is 0 Å². The molecule has 4 aliphatic carbocycles. The van der Waals surface area contributed by atoms with Crippen molar-refractivity contribution in [2.75, 3.05) is 6.61 Å². The molecule has 0 aromatic heterocycles. The van der Waals surface area contributed by atoms with Gasteiger partial charge in [-0.05, 0) is 97.8 Å². The van der Waals surface area contributed by atoms with E-state index in [9.17, 15) is 24.9 Å². The Morgan fingerprint density at radius 1 is 1.02 bits per heavy atom. The first-order valence-corrected chi connectivity index (χ1v) is 15.7. The fraction of sp³-hybridized carbons (Fsp3) is 0.676. The standard InChI is InChI=1S/C34H46N2O6/c1-30(2,3)23-7-5-21(6-8-23)29(39)36-35-20-32-14-9-24(37)18-33(32,40)15-11-27-26(32)10-13-31(4)25(12-16-34(27,31)41)22-17-28(38)42-19-22/h5-8,17,20,24-27,37,40-41H,9-16,18-19H2,1-4H3,(H,36,39)/b35-20+/t24-,25?,26+,27-,31?,32?,33?,34?/m1/s1. The number of rotatable bonds is 4. The van der Waals surface area contributed by atoms with Gasteiger partial charge < -0.3 is 20.1 Å². The number of esters is 1. The highest BCUT2D eigenvalue weighted by molar-refractivity contribution is 5.94. The van der Waals surface area contributed by atoms with Crippen LogP contribution in [0.3, 0.4) is 0 Å². The monoisotopic (exact) mass is 578 g/mol. The summed E-state index contributed by atoms with van der Waals surface area (Å²) in [5.41, 5.74) is 2.02. The lowest BCUT2D eigenvalue weighted by molar-refractivity contribution is -0.237. The maximum absolute atomic E-state index is 13.0. The quantitative estimate of drug-likeness (QED) is 0.238. The Hall–Kier alpha value is -2.55. The zero-order valence-corrected chi connectivity index (χ0v) is 25.4. The SMILES string of the molecule is CC(C)(C)c1ccc(C(=O)N/N=C/C23CC[C@@H](O)CC2(O)CC[C@@H]2[C@@H]3CCC3(C)C(C4=CC(=O)OC4)CCC23O)cc1. The number of nitrogens with one attached hydrogen (secondary N) is 1. The fourth-order valence-electron chi connectivity index (χ4n) is 9.75. The highest BCUT2D eigenvalue weighted by atomic mass is 16.5. The molecule has 1 aromatic carbocycles. The third-order valence-corrected chi connectivity index (χ3v) is 12.1. The number of hydrogen-bond donors (Lipinski definition) is 4. The van der Waals surface area contributed by atoms with Crippen molar-refractivity contribution in [3.63, 3.8) is 0 Å². The normalized spacial score (nSPS) is 41.5. The number of cyclic esters (lactones) is 1. The second-order valence-electron chi connectivity index (χ2n) is 15.0. The largest absolute Gasteiger partial charge is 0.458 e. The molecule has 8 heteroatoms. The number of fused-ring (bicyclic) bond motifs is 5. The Morgan fingerprint density at radius 2 is 1.74 bits per heavy atom. The number of carbonyl (C=O) groups excluding carboxylic acids is 2. The molecule has 1 heterocycles. The van der Waals surface area contributed by atoms with Gasteiger partial charge in [-0.3, -0.25) is 4.79 Å². The Morgan fingerprint density at radius 3 is 2.40 bits per heavy atom.